The van der Waals surface area contributed by atoms with E-state index in [0.29, 0.717) is 12.8 Å². The molecule has 1 nitrogen and oxygen atoms in total. The van der Waals surface area contributed by atoms with Crippen molar-refractivity contribution in [3.05, 3.63) is 29.1 Å². The first-order chi connectivity index (χ1) is 8.15. The first-order valence-electron chi connectivity index (χ1n) is 5.57. The van der Waals surface area contributed by atoms with Gasteiger partial charge in [0.2, 0.25) is 0 Å². The van der Waals surface area contributed by atoms with Crippen molar-refractivity contribution in [2.45, 2.75) is 23.7 Å². The second-order valence-corrected chi connectivity index (χ2v) is 4.95. The molecule has 1 saturated heterocycles. The van der Waals surface area contributed by atoms with Gasteiger partial charge in [-0.1, -0.05) is 0 Å². The molecule has 0 bridgehead atoms. The van der Waals surface area contributed by atoms with Crippen LogP contribution in [0, 0.1) is 17.5 Å². The fourth-order valence-electron chi connectivity index (χ4n) is 2.21. The van der Waals surface area contributed by atoms with Crippen LogP contribution in [0.5, 0.6) is 0 Å². The molecule has 0 aromatic heterocycles. The molecule has 1 aliphatic rings. The van der Waals surface area contributed by atoms with Gasteiger partial charge < -0.3 is 5.32 Å². The van der Waals surface area contributed by atoms with E-state index in [4.69, 9.17) is 0 Å². The molecule has 2 rings (SSSR count). The van der Waals surface area contributed by atoms with Crippen LogP contribution < -0.4 is 5.32 Å². The van der Waals surface area contributed by atoms with Gasteiger partial charge in [-0.2, -0.15) is 0 Å². The highest BCUT2D eigenvalue weighted by molar-refractivity contribution is 7.98. The molecule has 0 unspecified atom stereocenters. The molecule has 0 amide bonds. The topological polar surface area (TPSA) is 12.0 Å². The SMILES string of the molecule is CSc1c(F)cc(C2CCNCC2)c(F)c1F. The van der Waals surface area contributed by atoms with E-state index in [0.717, 1.165) is 30.9 Å². The molecule has 1 aliphatic heterocycles. The predicted molar refractivity (Wildman–Crippen MR) is 62.9 cm³/mol. The number of hydrogen-bond donors (Lipinski definition) is 1. The second-order valence-electron chi connectivity index (χ2n) is 4.13. The molecule has 1 aromatic carbocycles. The second kappa shape index (κ2) is 5.31. The summed E-state index contributed by atoms with van der Waals surface area (Å²) in [4.78, 5) is -0.236. The molecule has 1 fully saturated rings. The zero-order valence-electron chi connectivity index (χ0n) is 9.53. The summed E-state index contributed by atoms with van der Waals surface area (Å²) in [6.07, 6.45) is 2.97. The Morgan fingerprint density at radius 1 is 1.18 bits per heavy atom. The average Bonchev–Trinajstić information content (AvgIpc) is 2.35. The van der Waals surface area contributed by atoms with Crippen LogP contribution in [0.25, 0.3) is 0 Å². The molecular weight excluding hydrogens is 247 g/mol. The Kier molecular flexibility index (Phi) is 3.99. The van der Waals surface area contributed by atoms with Gasteiger partial charge in [0.15, 0.2) is 11.6 Å². The van der Waals surface area contributed by atoms with Crippen LogP contribution in [0.1, 0.15) is 24.3 Å². The van der Waals surface area contributed by atoms with Crippen LogP contribution >= 0.6 is 11.8 Å². The van der Waals surface area contributed by atoms with Gasteiger partial charge in [-0.05, 0) is 49.7 Å². The van der Waals surface area contributed by atoms with Gasteiger partial charge >= 0.3 is 0 Å². The lowest BCUT2D eigenvalue weighted by Crippen LogP contribution is -2.27. The molecule has 1 N–H and O–H groups in total. The van der Waals surface area contributed by atoms with E-state index in [2.05, 4.69) is 5.32 Å². The Bertz CT molecular complexity index is 417. The molecule has 1 aromatic rings. The summed E-state index contributed by atoms with van der Waals surface area (Å²) in [5.41, 5.74) is 0.180. The summed E-state index contributed by atoms with van der Waals surface area (Å²) in [7, 11) is 0. The van der Waals surface area contributed by atoms with Crippen molar-refractivity contribution in [1.82, 2.24) is 5.32 Å². The maximum absolute atomic E-state index is 13.8. The summed E-state index contributed by atoms with van der Waals surface area (Å²) in [5.74, 6) is -2.69. The van der Waals surface area contributed by atoms with E-state index in [1.807, 2.05) is 0 Å². The molecule has 94 valence electrons. The Labute approximate surface area is 103 Å². The Hall–Kier alpha value is -0.680. The standard InChI is InChI=1S/C12H14F3NS/c1-17-12-9(13)6-8(10(14)11(12)15)7-2-4-16-5-3-7/h6-7,16H,2-5H2,1H3. The van der Waals surface area contributed by atoms with Crippen molar-refractivity contribution < 1.29 is 13.2 Å². The maximum Gasteiger partial charge on any atom is 0.175 e. The molecule has 1 heterocycles. The van der Waals surface area contributed by atoms with Crippen molar-refractivity contribution in [2.75, 3.05) is 19.3 Å². The first-order valence-corrected chi connectivity index (χ1v) is 6.79. The lowest BCUT2D eigenvalue weighted by Gasteiger charge is -2.24. The Morgan fingerprint density at radius 3 is 2.41 bits per heavy atom. The number of halogens is 3. The number of thioether (sulfide) groups is 1. The lowest BCUT2D eigenvalue weighted by atomic mass is 9.89. The number of rotatable bonds is 2. The smallest absolute Gasteiger partial charge is 0.175 e. The third-order valence-corrected chi connectivity index (χ3v) is 3.91. The number of nitrogens with one attached hydrogen (secondary N) is 1. The van der Waals surface area contributed by atoms with E-state index in [1.54, 1.807) is 0 Å². The van der Waals surface area contributed by atoms with E-state index in [9.17, 15) is 13.2 Å². The molecule has 0 atom stereocenters. The quantitative estimate of drug-likeness (QED) is 0.647. The van der Waals surface area contributed by atoms with E-state index in [-0.39, 0.29) is 16.4 Å². The van der Waals surface area contributed by atoms with Crippen LogP contribution in [0.15, 0.2) is 11.0 Å². The normalized spacial score (nSPS) is 17.4. The molecule has 0 aliphatic carbocycles. The van der Waals surface area contributed by atoms with Gasteiger partial charge in [0, 0.05) is 0 Å². The van der Waals surface area contributed by atoms with Gasteiger partial charge in [-0.25, -0.2) is 13.2 Å². The minimum Gasteiger partial charge on any atom is -0.317 e. The van der Waals surface area contributed by atoms with Crippen molar-refractivity contribution in [3.8, 4) is 0 Å². The molecule has 0 radical (unpaired) electrons. The summed E-state index contributed by atoms with van der Waals surface area (Å²) in [6.45, 7) is 1.52. The van der Waals surface area contributed by atoms with E-state index < -0.39 is 17.5 Å². The Balaban J connectivity index is 2.40. The van der Waals surface area contributed by atoms with Gasteiger partial charge in [0.25, 0.3) is 0 Å². The predicted octanol–water partition coefficient (Wildman–Crippen LogP) is 3.29. The van der Waals surface area contributed by atoms with Crippen LogP contribution in [0.3, 0.4) is 0 Å². The van der Waals surface area contributed by atoms with Gasteiger partial charge in [-0.15, -0.1) is 11.8 Å². The molecule has 5 heteroatoms. The molecule has 0 saturated carbocycles. The first kappa shape index (κ1) is 12.8. The monoisotopic (exact) mass is 261 g/mol. The largest absolute Gasteiger partial charge is 0.317 e. The van der Waals surface area contributed by atoms with E-state index >= 15 is 0 Å². The number of piperidine rings is 1. The zero-order chi connectivity index (χ0) is 12.4. The van der Waals surface area contributed by atoms with Crippen LogP contribution in [-0.4, -0.2) is 19.3 Å². The highest BCUT2D eigenvalue weighted by Gasteiger charge is 2.24. The van der Waals surface area contributed by atoms with Crippen molar-refractivity contribution in [3.63, 3.8) is 0 Å². The highest BCUT2D eigenvalue weighted by Crippen LogP contribution is 2.33. The number of hydrogen-bond acceptors (Lipinski definition) is 2. The third-order valence-electron chi connectivity index (χ3n) is 3.13. The maximum atomic E-state index is 13.8. The van der Waals surface area contributed by atoms with Gasteiger partial charge in [0.05, 0.1) is 4.90 Å². The summed E-state index contributed by atoms with van der Waals surface area (Å²) in [5, 5.41) is 3.14. The van der Waals surface area contributed by atoms with Crippen LogP contribution in [0.4, 0.5) is 13.2 Å². The lowest BCUT2D eigenvalue weighted by molar-refractivity contribution is 0.414. The highest BCUT2D eigenvalue weighted by atomic mass is 32.2. The summed E-state index contributed by atoms with van der Waals surface area (Å²) < 4.78 is 41.1. The fourth-order valence-corrected chi connectivity index (χ4v) is 2.74. The van der Waals surface area contributed by atoms with Crippen LogP contribution in [-0.2, 0) is 0 Å². The Morgan fingerprint density at radius 2 is 1.82 bits per heavy atom. The number of benzene rings is 1. The van der Waals surface area contributed by atoms with Gasteiger partial charge in [-0.3, -0.25) is 0 Å². The summed E-state index contributed by atoms with van der Waals surface area (Å²) in [6, 6.07) is 1.15. The molecule has 0 spiro atoms. The van der Waals surface area contributed by atoms with E-state index in [1.165, 1.54) is 6.26 Å². The molecule has 17 heavy (non-hydrogen) atoms. The van der Waals surface area contributed by atoms with Crippen molar-refractivity contribution >= 4 is 11.8 Å². The molecular formula is C12H14F3NS. The van der Waals surface area contributed by atoms with Crippen molar-refractivity contribution in [2.24, 2.45) is 0 Å². The fraction of sp³-hybridized carbons (Fsp3) is 0.500. The summed E-state index contributed by atoms with van der Waals surface area (Å²) >= 11 is 0.889. The van der Waals surface area contributed by atoms with Gasteiger partial charge in [0.1, 0.15) is 5.82 Å². The van der Waals surface area contributed by atoms with Crippen LogP contribution in [0.2, 0.25) is 0 Å². The third kappa shape index (κ3) is 2.45. The minimum absolute atomic E-state index is 0.0869. The minimum atomic E-state index is -1.05. The zero-order valence-corrected chi connectivity index (χ0v) is 10.3. The van der Waals surface area contributed by atoms with Crippen molar-refractivity contribution in [1.29, 1.82) is 0 Å². The average molecular weight is 261 g/mol.